The summed E-state index contributed by atoms with van der Waals surface area (Å²) in [5.74, 6) is 0.763. The lowest BCUT2D eigenvalue weighted by Gasteiger charge is -2.08. The molecule has 7 nitrogen and oxygen atoms in total. The molecular formula is C15H18N2O5. The number of benzene rings is 1. The first-order chi connectivity index (χ1) is 10.7. The van der Waals surface area contributed by atoms with Crippen LogP contribution < -0.4 is 5.32 Å². The van der Waals surface area contributed by atoms with E-state index in [1.807, 2.05) is 6.07 Å². The number of aliphatic hydroxyl groups is 1. The van der Waals surface area contributed by atoms with E-state index in [9.17, 15) is 10.1 Å². The average Bonchev–Trinajstić information content (AvgIpc) is 3.03. The van der Waals surface area contributed by atoms with E-state index in [-0.39, 0.29) is 12.3 Å². The zero-order valence-electron chi connectivity index (χ0n) is 12.0. The molecule has 2 N–H and O–H groups in total. The average molecular weight is 306 g/mol. The Morgan fingerprint density at radius 3 is 2.91 bits per heavy atom. The SMILES string of the molecule is O=[N+]([O-])c1ccc(CO)cc1NCCCOCc1ccco1. The minimum Gasteiger partial charge on any atom is -0.467 e. The molecule has 0 atom stereocenters. The minimum absolute atomic E-state index is 0.00583. The summed E-state index contributed by atoms with van der Waals surface area (Å²) in [6.07, 6.45) is 2.29. The summed E-state index contributed by atoms with van der Waals surface area (Å²) in [7, 11) is 0. The molecule has 2 aromatic rings. The molecule has 0 aliphatic heterocycles. The molecule has 22 heavy (non-hydrogen) atoms. The van der Waals surface area contributed by atoms with E-state index in [2.05, 4.69) is 5.32 Å². The third-order valence-corrected chi connectivity index (χ3v) is 3.05. The zero-order valence-corrected chi connectivity index (χ0v) is 12.0. The quantitative estimate of drug-likeness (QED) is 0.420. The molecule has 7 heteroatoms. The number of anilines is 1. The van der Waals surface area contributed by atoms with Crippen LogP contribution in [0.3, 0.4) is 0 Å². The van der Waals surface area contributed by atoms with Gasteiger partial charge in [-0.1, -0.05) is 0 Å². The van der Waals surface area contributed by atoms with E-state index in [1.165, 1.54) is 12.1 Å². The largest absolute Gasteiger partial charge is 0.467 e. The maximum absolute atomic E-state index is 11.0. The lowest BCUT2D eigenvalue weighted by molar-refractivity contribution is -0.384. The molecule has 0 saturated carbocycles. The fourth-order valence-electron chi connectivity index (χ4n) is 1.95. The van der Waals surface area contributed by atoms with Crippen LogP contribution in [0.5, 0.6) is 0 Å². The number of nitrogens with one attached hydrogen (secondary N) is 1. The third kappa shape index (κ3) is 4.57. The van der Waals surface area contributed by atoms with Gasteiger partial charge in [0.1, 0.15) is 18.1 Å². The predicted molar refractivity (Wildman–Crippen MR) is 80.5 cm³/mol. The molecular weight excluding hydrogens is 288 g/mol. The van der Waals surface area contributed by atoms with E-state index in [4.69, 9.17) is 14.3 Å². The number of ether oxygens (including phenoxy) is 1. The Morgan fingerprint density at radius 1 is 1.36 bits per heavy atom. The van der Waals surface area contributed by atoms with Crippen molar-refractivity contribution in [2.45, 2.75) is 19.6 Å². The van der Waals surface area contributed by atoms with Gasteiger partial charge in [-0.2, -0.15) is 0 Å². The Morgan fingerprint density at radius 2 is 2.23 bits per heavy atom. The van der Waals surface area contributed by atoms with Gasteiger partial charge in [-0.25, -0.2) is 0 Å². The van der Waals surface area contributed by atoms with Crippen molar-refractivity contribution in [2.75, 3.05) is 18.5 Å². The van der Waals surface area contributed by atoms with Crippen molar-refractivity contribution in [3.05, 3.63) is 58.0 Å². The Labute approximate surface area is 127 Å². The van der Waals surface area contributed by atoms with Gasteiger partial charge in [-0.15, -0.1) is 0 Å². The van der Waals surface area contributed by atoms with Crippen LogP contribution in [0, 0.1) is 10.1 Å². The molecule has 1 aromatic heterocycles. The van der Waals surface area contributed by atoms with Gasteiger partial charge in [-0.05, 0) is 36.2 Å². The first-order valence-corrected chi connectivity index (χ1v) is 6.93. The topological polar surface area (TPSA) is 97.8 Å². The van der Waals surface area contributed by atoms with Gasteiger partial charge >= 0.3 is 0 Å². The third-order valence-electron chi connectivity index (χ3n) is 3.05. The molecule has 0 aliphatic rings. The molecule has 2 rings (SSSR count). The molecule has 0 spiro atoms. The van der Waals surface area contributed by atoms with Crippen molar-refractivity contribution in [1.29, 1.82) is 0 Å². The summed E-state index contributed by atoms with van der Waals surface area (Å²) in [4.78, 5) is 10.5. The van der Waals surface area contributed by atoms with Gasteiger partial charge in [0.2, 0.25) is 0 Å². The van der Waals surface area contributed by atoms with Gasteiger partial charge < -0.3 is 19.6 Å². The molecule has 0 amide bonds. The molecule has 118 valence electrons. The molecule has 0 aliphatic carbocycles. The highest BCUT2D eigenvalue weighted by atomic mass is 16.6. The van der Waals surface area contributed by atoms with Gasteiger partial charge in [0.25, 0.3) is 5.69 Å². The fraction of sp³-hybridized carbons (Fsp3) is 0.333. The number of hydrogen-bond donors (Lipinski definition) is 2. The van der Waals surface area contributed by atoms with Gasteiger partial charge in [0.05, 0.1) is 17.8 Å². The normalized spacial score (nSPS) is 10.6. The van der Waals surface area contributed by atoms with Crippen LogP contribution in [0.2, 0.25) is 0 Å². The predicted octanol–water partition coefficient (Wildman–Crippen LogP) is 2.70. The highest BCUT2D eigenvalue weighted by molar-refractivity contribution is 5.62. The van der Waals surface area contributed by atoms with Gasteiger partial charge in [0.15, 0.2) is 0 Å². The summed E-state index contributed by atoms with van der Waals surface area (Å²) >= 11 is 0. The van der Waals surface area contributed by atoms with E-state index in [0.717, 1.165) is 5.76 Å². The van der Waals surface area contributed by atoms with Crippen molar-refractivity contribution in [1.82, 2.24) is 0 Å². The Bertz CT molecular complexity index is 598. The smallest absolute Gasteiger partial charge is 0.292 e. The number of hydrogen-bond acceptors (Lipinski definition) is 6. The molecule has 1 aromatic carbocycles. The second kappa shape index (κ2) is 8.16. The van der Waals surface area contributed by atoms with Crippen LogP contribution in [-0.2, 0) is 18.0 Å². The number of nitro groups is 1. The fourth-order valence-corrected chi connectivity index (χ4v) is 1.95. The standard InChI is InChI=1S/C15H18N2O5/c18-10-12-4-5-15(17(19)20)14(9-12)16-6-2-7-21-11-13-3-1-8-22-13/h1,3-5,8-9,16,18H,2,6-7,10-11H2. The monoisotopic (exact) mass is 306 g/mol. The summed E-state index contributed by atoms with van der Waals surface area (Å²) in [5.41, 5.74) is 1.03. The summed E-state index contributed by atoms with van der Waals surface area (Å²) in [5, 5.41) is 23.1. The second-order valence-corrected chi connectivity index (χ2v) is 4.68. The number of furan rings is 1. The first-order valence-electron chi connectivity index (χ1n) is 6.93. The number of aliphatic hydroxyl groups excluding tert-OH is 1. The summed E-state index contributed by atoms with van der Waals surface area (Å²) < 4.78 is 10.6. The van der Waals surface area contributed by atoms with E-state index in [0.29, 0.717) is 37.4 Å². The molecule has 0 fully saturated rings. The highest BCUT2D eigenvalue weighted by Gasteiger charge is 2.13. The lowest BCUT2D eigenvalue weighted by Crippen LogP contribution is -2.08. The molecule has 0 unspecified atom stereocenters. The van der Waals surface area contributed by atoms with Crippen LogP contribution in [0.25, 0.3) is 0 Å². The Hall–Kier alpha value is -2.38. The zero-order chi connectivity index (χ0) is 15.8. The molecule has 0 bridgehead atoms. The second-order valence-electron chi connectivity index (χ2n) is 4.68. The van der Waals surface area contributed by atoms with Crippen molar-refractivity contribution in [3.63, 3.8) is 0 Å². The highest BCUT2D eigenvalue weighted by Crippen LogP contribution is 2.25. The first kappa shape index (κ1) is 16.0. The van der Waals surface area contributed by atoms with E-state index >= 15 is 0 Å². The van der Waals surface area contributed by atoms with Crippen molar-refractivity contribution in [3.8, 4) is 0 Å². The van der Waals surface area contributed by atoms with Crippen LogP contribution in [0.4, 0.5) is 11.4 Å². The minimum atomic E-state index is -0.448. The maximum Gasteiger partial charge on any atom is 0.292 e. The molecule has 1 heterocycles. The Balaban J connectivity index is 1.77. The summed E-state index contributed by atoms with van der Waals surface area (Å²) in [6.45, 7) is 1.31. The number of rotatable bonds is 9. The van der Waals surface area contributed by atoms with E-state index in [1.54, 1.807) is 18.4 Å². The van der Waals surface area contributed by atoms with Crippen LogP contribution in [-0.4, -0.2) is 23.2 Å². The van der Waals surface area contributed by atoms with Crippen LogP contribution in [0.15, 0.2) is 41.0 Å². The van der Waals surface area contributed by atoms with Crippen LogP contribution >= 0.6 is 0 Å². The number of nitro benzene ring substituents is 1. The summed E-state index contributed by atoms with van der Waals surface area (Å²) in [6, 6.07) is 8.15. The van der Waals surface area contributed by atoms with Crippen molar-refractivity contribution >= 4 is 11.4 Å². The van der Waals surface area contributed by atoms with Gasteiger partial charge in [-0.3, -0.25) is 10.1 Å². The number of nitrogens with zero attached hydrogens (tertiary/aromatic N) is 1. The Kier molecular flexibility index (Phi) is 5.93. The van der Waals surface area contributed by atoms with Gasteiger partial charge in [0, 0.05) is 19.2 Å². The van der Waals surface area contributed by atoms with Crippen LogP contribution in [0.1, 0.15) is 17.7 Å². The maximum atomic E-state index is 11.0. The van der Waals surface area contributed by atoms with Crippen molar-refractivity contribution in [2.24, 2.45) is 0 Å². The lowest BCUT2D eigenvalue weighted by atomic mass is 10.2. The van der Waals surface area contributed by atoms with E-state index < -0.39 is 4.92 Å². The molecule has 0 radical (unpaired) electrons. The molecule has 0 saturated heterocycles. The van der Waals surface area contributed by atoms with Crippen molar-refractivity contribution < 1.29 is 19.2 Å².